The van der Waals surface area contributed by atoms with Crippen LogP contribution in [0, 0.1) is 0 Å². The van der Waals surface area contributed by atoms with E-state index in [0.717, 1.165) is 22.4 Å². The number of aromatic nitrogens is 3. The summed E-state index contributed by atoms with van der Waals surface area (Å²) in [4.78, 5) is 26.8. The van der Waals surface area contributed by atoms with Gasteiger partial charge in [-0.25, -0.2) is 0 Å². The third-order valence-corrected chi connectivity index (χ3v) is 8.78. The minimum atomic E-state index is -0.612. The van der Waals surface area contributed by atoms with Gasteiger partial charge in [-0.3, -0.25) is 4.79 Å². The first kappa shape index (κ1) is 24.3. The molecule has 1 atom stereocenters. The minimum absolute atomic E-state index is 0.154. The van der Waals surface area contributed by atoms with Crippen LogP contribution in [0.15, 0.2) is 96.4 Å². The molecule has 0 amide bonds. The maximum atomic E-state index is 13.5. The predicted octanol–water partition coefficient (Wildman–Crippen LogP) is 4.25. The van der Waals surface area contributed by atoms with Gasteiger partial charge in [-0.15, -0.1) is 0 Å². The van der Waals surface area contributed by atoms with Crippen LogP contribution < -0.4 is 9.78 Å². The number of nitrogens with one attached hydrogen (secondary N) is 1. The first-order chi connectivity index (χ1) is 18.4. The maximum absolute atomic E-state index is 13.5. The molecule has 0 saturated carbocycles. The normalized spacial score (nSPS) is 18.0. The van der Waals surface area contributed by atoms with Crippen LogP contribution in [-0.2, 0) is 10.2 Å². The third kappa shape index (κ3) is 4.69. The Labute approximate surface area is 227 Å². The predicted molar refractivity (Wildman–Crippen MR) is 147 cm³/mol. The zero-order valence-corrected chi connectivity index (χ0v) is 22.8. The topological polar surface area (TPSA) is 86.1 Å². The van der Waals surface area contributed by atoms with Crippen molar-refractivity contribution in [3.05, 3.63) is 108 Å². The molecule has 4 aromatic rings. The van der Waals surface area contributed by atoms with Crippen LogP contribution in [0.4, 0.5) is 5.69 Å². The molecule has 190 valence electrons. The Morgan fingerprint density at radius 3 is 2.50 bits per heavy atom. The molecule has 2 heterocycles. The van der Waals surface area contributed by atoms with E-state index in [4.69, 9.17) is 4.74 Å². The van der Waals surface area contributed by atoms with Gasteiger partial charge in [0.25, 0.3) is 0 Å². The number of fused-ring (bicyclic) bond motifs is 1. The molecule has 7 nitrogen and oxygen atoms in total. The molecule has 0 saturated heterocycles. The molecule has 0 radical (unpaired) electrons. The molecule has 2 aliphatic rings. The van der Waals surface area contributed by atoms with E-state index < -0.39 is 5.60 Å². The van der Waals surface area contributed by atoms with Crippen molar-refractivity contribution in [3.8, 4) is 11.3 Å². The number of hydrogen-bond acceptors (Lipinski definition) is 6. The van der Waals surface area contributed by atoms with Gasteiger partial charge in [-0.05, 0) is 0 Å². The number of Topliss-reactive ketones (excluding diaryl/α,β-unsaturated/α-hetero) is 2. The Hall–Kier alpha value is -4.00. The molecule has 1 aromatic heterocycles. The second-order valence-corrected chi connectivity index (χ2v) is 12.2. The van der Waals surface area contributed by atoms with E-state index in [9.17, 15) is 9.59 Å². The number of carbonyl (C=O) groups is 2. The summed E-state index contributed by atoms with van der Waals surface area (Å²) in [5, 5.41) is 12.2. The van der Waals surface area contributed by atoms with Crippen molar-refractivity contribution in [1.82, 2.24) is 15.0 Å². The summed E-state index contributed by atoms with van der Waals surface area (Å²) in [5.41, 5.74) is 3.94. The molecule has 0 bridgehead atoms. The Kier molecular flexibility index (Phi) is 6.22. The fourth-order valence-electron chi connectivity index (χ4n) is 4.95. The summed E-state index contributed by atoms with van der Waals surface area (Å²) in [7, 11) is 0. The summed E-state index contributed by atoms with van der Waals surface area (Å²) in [6, 6.07) is 24.9. The number of allylic oxidation sites excluding steroid dienone is 1. The van der Waals surface area contributed by atoms with Crippen LogP contribution >= 0.6 is 0 Å². The third-order valence-electron chi connectivity index (χ3n) is 6.68. The summed E-state index contributed by atoms with van der Waals surface area (Å²) in [5.74, 6) is -0.248. The first-order valence-electron chi connectivity index (χ1n) is 12.4. The Balaban J connectivity index is 1.25. The van der Waals surface area contributed by atoms with Crippen molar-refractivity contribution in [1.29, 1.82) is 0 Å². The van der Waals surface area contributed by atoms with Gasteiger partial charge >= 0.3 is 193 Å². The molecule has 1 aliphatic carbocycles. The van der Waals surface area contributed by atoms with Crippen molar-refractivity contribution >= 4 is 36.7 Å². The second-order valence-electron chi connectivity index (χ2n) is 10.0. The van der Waals surface area contributed by atoms with Crippen molar-refractivity contribution in [2.45, 2.75) is 37.4 Å². The molecule has 6 rings (SSSR count). The number of ketones is 2. The average Bonchev–Trinajstić information content (AvgIpc) is 3.40. The van der Waals surface area contributed by atoms with Crippen LogP contribution in [0.5, 0.6) is 0 Å². The van der Waals surface area contributed by atoms with E-state index in [1.807, 2.05) is 55.1 Å². The summed E-state index contributed by atoms with van der Waals surface area (Å²) >= 11 is 0.263. The molecule has 1 aliphatic heterocycles. The van der Waals surface area contributed by atoms with Gasteiger partial charge in [0.15, 0.2) is 0 Å². The molecule has 1 unspecified atom stereocenters. The first-order valence-corrected chi connectivity index (χ1v) is 14.5. The number of rotatable bonds is 6. The molecule has 0 spiro atoms. The van der Waals surface area contributed by atoms with E-state index in [-0.39, 0.29) is 38.3 Å². The van der Waals surface area contributed by atoms with Crippen molar-refractivity contribution in [2.75, 3.05) is 5.32 Å². The summed E-state index contributed by atoms with van der Waals surface area (Å²) in [6.45, 7) is 3.88. The quantitative estimate of drug-likeness (QED) is 0.350. The van der Waals surface area contributed by atoms with Gasteiger partial charge in [-0.2, -0.15) is 0 Å². The number of benzene rings is 3. The van der Waals surface area contributed by atoms with Crippen molar-refractivity contribution in [2.24, 2.45) is 0 Å². The van der Waals surface area contributed by atoms with Gasteiger partial charge in [0, 0.05) is 5.56 Å². The average molecular weight is 570 g/mol. The van der Waals surface area contributed by atoms with E-state index in [2.05, 4.69) is 39.9 Å². The van der Waals surface area contributed by atoms with Crippen LogP contribution in [0.3, 0.4) is 0 Å². The number of anilines is 1. The second kappa shape index (κ2) is 9.71. The van der Waals surface area contributed by atoms with E-state index in [0.29, 0.717) is 23.1 Å². The van der Waals surface area contributed by atoms with Crippen LogP contribution in [0.2, 0.25) is 0 Å². The van der Waals surface area contributed by atoms with Gasteiger partial charge in [-0.1, -0.05) is 24.3 Å². The Bertz CT molecular complexity index is 1580. The fraction of sp³-hybridized carbons (Fsp3) is 0.200. The molecule has 0 fully saturated rings. The monoisotopic (exact) mass is 570 g/mol. The van der Waals surface area contributed by atoms with E-state index in [1.165, 1.54) is 4.46 Å². The molecular formula is C30H26N4O3Se. The Morgan fingerprint density at radius 2 is 1.71 bits per heavy atom. The SMILES string of the molecule is CC1(C)CC(Nc2cccc(-c3cn(C[Se]c4ccccc4)nn3)c2)C2=C(O1)C(=O)c1ccccc1C2=O. The molecular weight excluding hydrogens is 543 g/mol. The number of hydrogen-bond donors (Lipinski definition) is 1. The van der Waals surface area contributed by atoms with Crippen molar-refractivity contribution in [3.63, 3.8) is 0 Å². The van der Waals surface area contributed by atoms with Crippen LogP contribution in [0.1, 0.15) is 41.0 Å². The van der Waals surface area contributed by atoms with Gasteiger partial charge in [0.05, 0.1) is 0 Å². The summed E-state index contributed by atoms with van der Waals surface area (Å²) in [6.07, 6.45) is 2.50. The Morgan fingerprint density at radius 1 is 0.974 bits per heavy atom. The molecule has 38 heavy (non-hydrogen) atoms. The summed E-state index contributed by atoms with van der Waals surface area (Å²) < 4.78 is 9.28. The molecule has 1 N–H and O–H groups in total. The molecule has 3 aromatic carbocycles. The van der Waals surface area contributed by atoms with Gasteiger partial charge < -0.3 is 0 Å². The number of ether oxygens (including phenoxy) is 1. The van der Waals surface area contributed by atoms with Crippen molar-refractivity contribution < 1.29 is 14.3 Å². The van der Waals surface area contributed by atoms with Gasteiger partial charge in [0.2, 0.25) is 0 Å². The zero-order valence-electron chi connectivity index (χ0n) is 21.0. The number of carbonyl (C=O) groups excluding carboxylic acids is 2. The van der Waals surface area contributed by atoms with Crippen LogP contribution in [-0.4, -0.2) is 53.2 Å². The van der Waals surface area contributed by atoms with Crippen LogP contribution in [0.25, 0.3) is 11.3 Å². The van der Waals surface area contributed by atoms with Gasteiger partial charge in [0.1, 0.15) is 0 Å². The van der Waals surface area contributed by atoms with E-state index in [1.54, 1.807) is 24.3 Å². The fourth-order valence-corrected chi connectivity index (χ4v) is 6.53. The number of nitrogens with zero attached hydrogens (tertiary/aromatic N) is 3. The standard InChI is InChI=1S/C30H26N4O3Se/c1-30(2)16-24(26-27(35)22-13-6-7-14-23(22)28(36)29(26)37-30)31-20-10-8-9-19(15-20)25-17-34(33-32-25)18-38-21-11-4-3-5-12-21/h3-15,17,24,31H,16,18H2,1-2H3. The zero-order chi connectivity index (χ0) is 26.3. The molecule has 8 heteroatoms. The van der Waals surface area contributed by atoms with E-state index >= 15 is 0 Å².